The Morgan fingerprint density at radius 2 is 1.92 bits per heavy atom. The quantitative estimate of drug-likeness (QED) is 0.928. The first-order valence-corrected chi connectivity index (χ1v) is 9.53. The van der Waals surface area contributed by atoms with E-state index in [1.807, 2.05) is 12.1 Å². The minimum atomic E-state index is -0.917. The van der Waals surface area contributed by atoms with Gasteiger partial charge in [-0.25, -0.2) is 0 Å². The monoisotopic (exact) mass is 345 g/mol. The van der Waals surface area contributed by atoms with Crippen LogP contribution in [0.4, 0.5) is 0 Å². The minimum absolute atomic E-state index is 0.0602. The Morgan fingerprint density at radius 1 is 1.08 bits per heavy atom. The second kappa shape index (κ2) is 6.19. The molecule has 1 heterocycles. The molecule has 2 aliphatic carbocycles. The van der Waals surface area contributed by atoms with Crippen molar-refractivity contribution >= 4 is 11.4 Å². The lowest BCUT2D eigenvalue weighted by Crippen LogP contribution is -2.22. The average molecular weight is 345 g/mol. The van der Waals surface area contributed by atoms with Crippen molar-refractivity contribution in [1.29, 1.82) is 0 Å². The molecule has 1 fully saturated rings. The maximum absolute atomic E-state index is 11.9. The molecule has 2 aromatic rings. The van der Waals surface area contributed by atoms with Gasteiger partial charge in [-0.2, -0.15) is 0 Å². The number of hydrogen-bond acceptors (Lipinski definition) is 3. The maximum atomic E-state index is 11.9. The molecule has 132 valence electrons. The van der Waals surface area contributed by atoms with E-state index in [0.717, 1.165) is 43.6 Å². The Bertz CT molecular complexity index is 914. The number of allylic oxidation sites excluding steroid dienone is 1. The van der Waals surface area contributed by atoms with Crippen molar-refractivity contribution in [3.63, 3.8) is 0 Å². The van der Waals surface area contributed by atoms with Crippen molar-refractivity contribution in [2.24, 2.45) is 0 Å². The third-order valence-corrected chi connectivity index (χ3v) is 6.21. The number of aliphatic hydroxyl groups excluding tert-OH is 1. The highest BCUT2D eigenvalue weighted by Gasteiger charge is 2.35. The molecule has 26 heavy (non-hydrogen) atoms. The van der Waals surface area contributed by atoms with E-state index in [0.29, 0.717) is 12.3 Å². The second-order valence-electron chi connectivity index (χ2n) is 7.78. The van der Waals surface area contributed by atoms with Gasteiger partial charge in [0.15, 0.2) is 5.78 Å². The summed E-state index contributed by atoms with van der Waals surface area (Å²) in [6.07, 6.45) is 3.96. The molecule has 1 saturated heterocycles. The Balaban J connectivity index is 1.34. The molecule has 5 rings (SSSR count). The van der Waals surface area contributed by atoms with Gasteiger partial charge in [-0.15, -0.1) is 0 Å². The van der Waals surface area contributed by atoms with Crippen LogP contribution in [-0.4, -0.2) is 35.4 Å². The van der Waals surface area contributed by atoms with Crippen LogP contribution < -0.4 is 0 Å². The first kappa shape index (κ1) is 16.0. The van der Waals surface area contributed by atoms with E-state index in [1.54, 1.807) is 0 Å². The van der Waals surface area contributed by atoms with Crippen LogP contribution in [0, 0.1) is 0 Å². The van der Waals surface area contributed by atoms with Gasteiger partial charge in [0.2, 0.25) is 0 Å². The predicted octanol–water partition coefficient (Wildman–Crippen LogP) is 3.27. The molecule has 3 aliphatic rings. The summed E-state index contributed by atoms with van der Waals surface area (Å²) in [5, 5.41) is 10.3. The van der Waals surface area contributed by atoms with Crippen molar-refractivity contribution in [3.8, 4) is 0 Å². The Kier molecular flexibility index (Phi) is 3.80. The molecule has 2 aromatic carbocycles. The topological polar surface area (TPSA) is 40.5 Å². The van der Waals surface area contributed by atoms with Gasteiger partial charge in [0.05, 0.1) is 0 Å². The molecule has 2 unspecified atom stereocenters. The summed E-state index contributed by atoms with van der Waals surface area (Å²) in [6.45, 7) is 3.05. The highest BCUT2D eigenvalue weighted by molar-refractivity contribution is 5.91. The van der Waals surface area contributed by atoms with E-state index in [2.05, 4.69) is 41.3 Å². The fourth-order valence-corrected chi connectivity index (χ4v) is 4.90. The number of carbonyl (C=O) groups is 1. The summed E-state index contributed by atoms with van der Waals surface area (Å²) >= 11 is 0. The van der Waals surface area contributed by atoms with Crippen molar-refractivity contribution in [3.05, 3.63) is 76.4 Å². The SMILES string of the molecule is O=C1Cc2cccc(C3CCN(CC4=CCc5ccccc54)C3)c2C1O. The van der Waals surface area contributed by atoms with Crippen LogP contribution in [-0.2, 0) is 17.6 Å². The maximum Gasteiger partial charge on any atom is 0.170 e. The lowest BCUT2D eigenvalue weighted by Gasteiger charge is -2.19. The molecule has 0 aromatic heterocycles. The van der Waals surface area contributed by atoms with Gasteiger partial charge >= 0.3 is 0 Å². The van der Waals surface area contributed by atoms with E-state index in [9.17, 15) is 9.90 Å². The van der Waals surface area contributed by atoms with Gasteiger partial charge in [0.1, 0.15) is 6.10 Å². The molecule has 1 N–H and O–H groups in total. The number of fused-ring (bicyclic) bond motifs is 2. The Morgan fingerprint density at radius 3 is 2.85 bits per heavy atom. The first-order valence-electron chi connectivity index (χ1n) is 9.53. The van der Waals surface area contributed by atoms with Crippen molar-refractivity contribution in [2.75, 3.05) is 19.6 Å². The number of likely N-dealkylation sites (tertiary alicyclic amines) is 1. The van der Waals surface area contributed by atoms with Crippen LogP contribution in [0.15, 0.2) is 48.5 Å². The number of hydrogen-bond donors (Lipinski definition) is 1. The molecule has 0 spiro atoms. The zero-order valence-corrected chi connectivity index (χ0v) is 14.8. The highest BCUT2D eigenvalue weighted by Crippen LogP contribution is 2.39. The fraction of sp³-hybridized carbons (Fsp3) is 0.348. The lowest BCUT2D eigenvalue weighted by atomic mass is 9.91. The lowest BCUT2D eigenvalue weighted by molar-refractivity contribution is -0.125. The molecule has 1 aliphatic heterocycles. The molecule has 3 nitrogen and oxygen atoms in total. The largest absolute Gasteiger partial charge is 0.381 e. The molecule has 0 amide bonds. The molecule has 2 atom stereocenters. The van der Waals surface area contributed by atoms with Crippen molar-refractivity contribution in [1.82, 2.24) is 4.90 Å². The summed E-state index contributed by atoms with van der Waals surface area (Å²) in [6, 6.07) is 14.8. The van der Waals surface area contributed by atoms with Crippen LogP contribution in [0.5, 0.6) is 0 Å². The first-order chi connectivity index (χ1) is 12.7. The number of nitrogens with zero attached hydrogens (tertiary/aromatic N) is 1. The third kappa shape index (κ3) is 2.54. The summed E-state index contributed by atoms with van der Waals surface area (Å²) in [4.78, 5) is 14.5. The minimum Gasteiger partial charge on any atom is -0.381 e. The van der Waals surface area contributed by atoms with Crippen LogP contribution in [0.3, 0.4) is 0 Å². The van der Waals surface area contributed by atoms with Gasteiger partial charge < -0.3 is 5.11 Å². The zero-order valence-electron chi connectivity index (χ0n) is 14.8. The number of carbonyl (C=O) groups excluding carboxylic acids is 1. The summed E-state index contributed by atoms with van der Waals surface area (Å²) in [5.74, 6) is 0.345. The van der Waals surface area contributed by atoms with Crippen molar-refractivity contribution < 1.29 is 9.90 Å². The van der Waals surface area contributed by atoms with Gasteiger partial charge in [-0.1, -0.05) is 48.5 Å². The number of rotatable bonds is 3. The number of aliphatic hydroxyl groups is 1. The standard InChI is InChI=1S/C23H23NO2/c25-21-12-16-5-3-7-20(22(16)23(21)26)18-10-11-24(14-18)13-17-9-8-15-4-1-2-6-19(15)17/h1-7,9,18,23,26H,8,10-14H2. The second-order valence-corrected chi connectivity index (χ2v) is 7.78. The van der Waals surface area contributed by atoms with Gasteiger partial charge in [0, 0.05) is 19.5 Å². The van der Waals surface area contributed by atoms with E-state index >= 15 is 0 Å². The van der Waals surface area contributed by atoms with Crippen molar-refractivity contribution in [2.45, 2.75) is 31.3 Å². The smallest absolute Gasteiger partial charge is 0.170 e. The number of Topliss-reactive ketones (excluding diaryl/α,β-unsaturated/α-hetero) is 1. The third-order valence-electron chi connectivity index (χ3n) is 6.21. The Labute approximate surface area is 154 Å². The van der Waals surface area contributed by atoms with Gasteiger partial charge in [-0.3, -0.25) is 9.69 Å². The Hall–Kier alpha value is -2.23. The van der Waals surface area contributed by atoms with Crippen LogP contribution in [0.2, 0.25) is 0 Å². The fourth-order valence-electron chi connectivity index (χ4n) is 4.90. The molecule has 0 radical (unpaired) electrons. The van der Waals surface area contributed by atoms with E-state index in [-0.39, 0.29) is 5.78 Å². The highest BCUT2D eigenvalue weighted by atomic mass is 16.3. The average Bonchev–Trinajstić information content (AvgIpc) is 3.35. The molecular formula is C23H23NO2. The van der Waals surface area contributed by atoms with Gasteiger partial charge in [0.25, 0.3) is 0 Å². The van der Waals surface area contributed by atoms with Crippen LogP contribution >= 0.6 is 0 Å². The predicted molar refractivity (Wildman–Crippen MR) is 102 cm³/mol. The molecule has 0 saturated carbocycles. The number of benzene rings is 2. The normalized spacial score (nSPS) is 24.7. The van der Waals surface area contributed by atoms with E-state index in [1.165, 1.54) is 22.3 Å². The van der Waals surface area contributed by atoms with E-state index in [4.69, 9.17) is 0 Å². The van der Waals surface area contributed by atoms with Gasteiger partial charge in [-0.05, 0) is 58.7 Å². The van der Waals surface area contributed by atoms with Crippen LogP contribution in [0.1, 0.15) is 46.3 Å². The molecule has 0 bridgehead atoms. The summed E-state index contributed by atoms with van der Waals surface area (Å²) in [5.41, 5.74) is 7.37. The number of ketones is 1. The molecular weight excluding hydrogens is 322 g/mol. The summed E-state index contributed by atoms with van der Waals surface area (Å²) < 4.78 is 0. The zero-order chi connectivity index (χ0) is 17.7. The van der Waals surface area contributed by atoms with Crippen LogP contribution in [0.25, 0.3) is 5.57 Å². The molecule has 3 heteroatoms. The summed E-state index contributed by atoms with van der Waals surface area (Å²) in [7, 11) is 0. The van der Waals surface area contributed by atoms with E-state index < -0.39 is 6.10 Å².